The number of hydrogen-bond acceptors (Lipinski definition) is 4. The molecule has 2 fully saturated rings. The van der Waals surface area contributed by atoms with Gasteiger partial charge in [-0.25, -0.2) is 0 Å². The lowest BCUT2D eigenvalue weighted by atomic mass is 10.2. The van der Waals surface area contributed by atoms with Crippen LogP contribution in [0.2, 0.25) is 0 Å². The molecule has 0 aromatic rings. The summed E-state index contributed by atoms with van der Waals surface area (Å²) in [7, 11) is 4.31. The summed E-state index contributed by atoms with van der Waals surface area (Å²) in [5, 5.41) is 6.24. The lowest BCUT2D eigenvalue weighted by Gasteiger charge is -2.37. The highest BCUT2D eigenvalue weighted by molar-refractivity contribution is 5.78. The molecule has 0 aromatic carbocycles. The molecule has 0 bridgehead atoms. The van der Waals surface area contributed by atoms with E-state index in [9.17, 15) is 4.79 Å². The number of amides is 1. The Morgan fingerprint density at radius 1 is 1.29 bits per heavy atom. The second-order valence-electron chi connectivity index (χ2n) is 5.37. The van der Waals surface area contributed by atoms with Gasteiger partial charge in [0.25, 0.3) is 0 Å². The average molecular weight is 240 g/mol. The van der Waals surface area contributed by atoms with Gasteiger partial charge in [-0.15, -0.1) is 0 Å². The molecule has 1 heterocycles. The molecule has 2 rings (SSSR count). The highest BCUT2D eigenvalue weighted by Gasteiger charge is 2.24. The van der Waals surface area contributed by atoms with E-state index < -0.39 is 0 Å². The maximum absolute atomic E-state index is 11.5. The zero-order chi connectivity index (χ0) is 12.3. The molecule has 2 N–H and O–H groups in total. The number of carbonyl (C=O) groups excluding carboxylic acids is 1. The number of hydrogen-bond donors (Lipinski definition) is 2. The Hall–Kier alpha value is -0.650. The Kier molecular flexibility index (Phi) is 4.36. The summed E-state index contributed by atoms with van der Waals surface area (Å²) in [5.74, 6) is 0.138. The molecular formula is C12H24N4O. The second kappa shape index (κ2) is 5.80. The van der Waals surface area contributed by atoms with Crippen LogP contribution < -0.4 is 10.6 Å². The summed E-state index contributed by atoms with van der Waals surface area (Å²) in [4.78, 5) is 16.2. The van der Waals surface area contributed by atoms with Crippen molar-refractivity contribution in [3.63, 3.8) is 0 Å². The zero-order valence-corrected chi connectivity index (χ0v) is 10.9. The fourth-order valence-corrected chi connectivity index (χ4v) is 2.18. The van der Waals surface area contributed by atoms with Gasteiger partial charge in [0, 0.05) is 38.3 Å². The summed E-state index contributed by atoms with van der Waals surface area (Å²) in [6.45, 7) is 4.66. The molecule has 0 aromatic heterocycles. The molecule has 0 radical (unpaired) electrons. The van der Waals surface area contributed by atoms with Crippen molar-refractivity contribution in [2.45, 2.75) is 24.9 Å². The SMILES string of the molecule is CN1CCN(C)C(CNCC(=O)NC2CC2)C1. The van der Waals surface area contributed by atoms with E-state index in [1.165, 1.54) is 0 Å². The smallest absolute Gasteiger partial charge is 0.234 e. The van der Waals surface area contributed by atoms with E-state index in [1.54, 1.807) is 0 Å². The summed E-state index contributed by atoms with van der Waals surface area (Å²) in [5.41, 5.74) is 0. The van der Waals surface area contributed by atoms with E-state index in [-0.39, 0.29) is 5.91 Å². The van der Waals surface area contributed by atoms with Crippen molar-refractivity contribution in [3.05, 3.63) is 0 Å². The molecule has 98 valence electrons. The van der Waals surface area contributed by atoms with Crippen LogP contribution in [0.25, 0.3) is 0 Å². The minimum atomic E-state index is 0.138. The summed E-state index contributed by atoms with van der Waals surface area (Å²) < 4.78 is 0. The van der Waals surface area contributed by atoms with Crippen molar-refractivity contribution >= 4 is 5.91 Å². The number of nitrogens with one attached hydrogen (secondary N) is 2. The van der Waals surface area contributed by atoms with Crippen molar-refractivity contribution in [1.82, 2.24) is 20.4 Å². The van der Waals surface area contributed by atoms with E-state index in [1.807, 2.05) is 0 Å². The predicted octanol–water partition coefficient (Wildman–Crippen LogP) is -0.900. The van der Waals surface area contributed by atoms with Crippen LogP contribution in [-0.2, 0) is 4.79 Å². The topological polar surface area (TPSA) is 47.6 Å². The summed E-state index contributed by atoms with van der Waals surface area (Å²) in [6, 6.07) is 0.982. The maximum Gasteiger partial charge on any atom is 0.234 e. The van der Waals surface area contributed by atoms with E-state index >= 15 is 0 Å². The van der Waals surface area contributed by atoms with Gasteiger partial charge in [-0.2, -0.15) is 0 Å². The fourth-order valence-electron chi connectivity index (χ4n) is 2.18. The fraction of sp³-hybridized carbons (Fsp3) is 0.917. The van der Waals surface area contributed by atoms with Crippen molar-refractivity contribution in [2.24, 2.45) is 0 Å². The summed E-state index contributed by atoms with van der Waals surface area (Å²) >= 11 is 0. The molecule has 17 heavy (non-hydrogen) atoms. The number of likely N-dealkylation sites (N-methyl/N-ethyl adjacent to an activating group) is 2. The first-order valence-corrected chi connectivity index (χ1v) is 6.54. The van der Waals surface area contributed by atoms with Crippen molar-refractivity contribution in [3.8, 4) is 0 Å². The first-order chi connectivity index (χ1) is 8.15. The van der Waals surface area contributed by atoms with Crippen molar-refractivity contribution in [2.75, 3.05) is 46.8 Å². The second-order valence-corrected chi connectivity index (χ2v) is 5.37. The Balaban J connectivity index is 1.61. The molecule has 1 atom stereocenters. The Bertz CT molecular complexity index is 267. The van der Waals surface area contributed by atoms with Gasteiger partial charge in [-0.05, 0) is 26.9 Å². The van der Waals surface area contributed by atoms with Gasteiger partial charge in [0.1, 0.15) is 0 Å². The lowest BCUT2D eigenvalue weighted by Crippen LogP contribution is -2.54. The van der Waals surface area contributed by atoms with E-state index in [2.05, 4.69) is 34.5 Å². The van der Waals surface area contributed by atoms with Crippen LogP contribution >= 0.6 is 0 Å². The first kappa shape index (κ1) is 12.8. The molecule has 5 nitrogen and oxygen atoms in total. The largest absolute Gasteiger partial charge is 0.352 e. The highest BCUT2D eigenvalue weighted by atomic mass is 16.2. The zero-order valence-electron chi connectivity index (χ0n) is 10.9. The van der Waals surface area contributed by atoms with Crippen LogP contribution in [0.5, 0.6) is 0 Å². The van der Waals surface area contributed by atoms with E-state index in [0.717, 1.165) is 39.0 Å². The van der Waals surface area contributed by atoms with Gasteiger partial charge in [-0.3, -0.25) is 9.69 Å². The normalized spacial score (nSPS) is 27.1. The van der Waals surface area contributed by atoms with Crippen LogP contribution in [0.15, 0.2) is 0 Å². The van der Waals surface area contributed by atoms with Gasteiger partial charge < -0.3 is 15.5 Å². The first-order valence-electron chi connectivity index (χ1n) is 6.54. The van der Waals surface area contributed by atoms with Crippen LogP contribution in [0.1, 0.15) is 12.8 Å². The molecule has 1 aliphatic carbocycles. The third kappa shape index (κ3) is 4.26. The molecular weight excluding hydrogens is 216 g/mol. The van der Waals surface area contributed by atoms with Gasteiger partial charge in [0.2, 0.25) is 5.91 Å². The molecule has 1 unspecified atom stereocenters. The standard InChI is InChI=1S/C12H24N4O/c1-15-5-6-16(2)11(9-15)7-13-8-12(17)14-10-3-4-10/h10-11,13H,3-9H2,1-2H3,(H,14,17). The minimum Gasteiger partial charge on any atom is -0.352 e. The van der Waals surface area contributed by atoms with E-state index in [0.29, 0.717) is 18.6 Å². The average Bonchev–Trinajstić information content (AvgIpc) is 3.07. The van der Waals surface area contributed by atoms with E-state index in [4.69, 9.17) is 0 Å². The molecule has 5 heteroatoms. The molecule has 1 saturated heterocycles. The number of rotatable bonds is 5. The Morgan fingerprint density at radius 2 is 2.06 bits per heavy atom. The quantitative estimate of drug-likeness (QED) is 0.654. The Morgan fingerprint density at radius 3 is 2.76 bits per heavy atom. The van der Waals surface area contributed by atoms with Gasteiger partial charge in [0.05, 0.1) is 6.54 Å². The molecule has 0 spiro atoms. The van der Waals surface area contributed by atoms with Crippen LogP contribution in [0.3, 0.4) is 0 Å². The third-order valence-corrected chi connectivity index (χ3v) is 3.59. The summed E-state index contributed by atoms with van der Waals surface area (Å²) in [6.07, 6.45) is 2.31. The predicted molar refractivity (Wildman–Crippen MR) is 67.9 cm³/mol. The molecule has 1 aliphatic heterocycles. The lowest BCUT2D eigenvalue weighted by molar-refractivity contribution is -0.120. The molecule has 1 saturated carbocycles. The van der Waals surface area contributed by atoms with Crippen molar-refractivity contribution < 1.29 is 4.79 Å². The molecule has 2 aliphatic rings. The molecule has 1 amide bonds. The van der Waals surface area contributed by atoms with Gasteiger partial charge in [0.15, 0.2) is 0 Å². The van der Waals surface area contributed by atoms with Crippen molar-refractivity contribution in [1.29, 1.82) is 0 Å². The van der Waals surface area contributed by atoms with Gasteiger partial charge >= 0.3 is 0 Å². The monoisotopic (exact) mass is 240 g/mol. The van der Waals surface area contributed by atoms with Gasteiger partial charge in [-0.1, -0.05) is 0 Å². The number of nitrogens with zero attached hydrogens (tertiary/aromatic N) is 2. The number of piperazine rings is 1. The van der Waals surface area contributed by atoms with Crippen LogP contribution in [0.4, 0.5) is 0 Å². The van der Waals surface area contributed by atoms with Crippen LogP contribution in [0, 0.1) is 0 Å². The third-order valence-electron chi connectivity index (χ3n) is 3.59. The minimum absolute atomic E-state index is 0.138. The van der Waals surface area contributed by atoms with Crippen LogP contribution in [-0.4, -0.2) is 74.6 Å². The maximum atomic E-state index is 11.5. The highest BCUT2D eigenvalue weighted by Crippen LogP contribution is 2.18. The Labute approximate surface area is 104 Å². The number of carbonyl (C=O) groups is 1.